The van der Waals surface area contributed by atoms with Gasteiger partial charge in [-0.2, -0.15) is 0 Å². The minimum absolute atomic E-state index is 1.10. The summed E-state index contributed by atoms with van der Waals surface area (Å²) in [6, 6.07) is 52.5. The molecule has 1 heterocycles. The van der Waals surface area contributed by atoms with Crippen molar-refractivity contribution in [1.29, 1.82) is 0 Å². The van der Waals surface area contributed by atoms with Crippen LogP contribution in [-0.2, 0) is 6.42 Å². The summed E-state index contributed by atoms with van der Waals surface area (Å²) in [5.74, 6) is 0. The molecule has 42 heavy (non-hydrogen) atoms. The van der Waals surface area contributed by atoms with Crippen LogP contribution in [0.3, 0.4) is 0 Å². The Morgan fingerprint density at radius 3 is 1.98 bits per heavy atom. The Morgan fingerprint density at radius 2 is 1.17 bits per heavy atom. The third-order valence-electron chi connectivity index (χ3n) is 8.45. The van der Waals surface area contributed by atoms with Gasteiger partial charge >= 0.3 is 0 Å². The van der Waals surface area contributed by atoms with Gasteiger partial charge in [0.15, 0.2) is 0 Å². The van der Waals surface area contributed by atoms with E-state index >= 15 is 0 Å². The van der Waals surface area contributed by atoms with Gasteiger partial charge < -0.3 is 9.47 Å². The van der Waals surface area contributed by atoms with Crippen molar-refractivity contribution in [1.82, 2.24) is 4.57 Å². The highest BCUT2D eigenvalue weighted by Crippen LogP contribution is 2.38. The number of benzene rings is 6. The monoisotopic (exact) mass is 538 g/mol. The van der Waals surface area contributed by atoms with Crippen LogP contribution in [-0.4, -0.2) is 4.57 Å². The summed E-state index contributed by atoms with van der Waals surface area (Å²) in [5, 5.41) is 3.85. The van der Waals surface area contributed by atoms with Crippen LogP contribution in [0.4, 0.5) is 17.1 Å². The first-order valence-corrected chi connectivity index (χ1v) is 14.7. The van der Waals surface area contributed by atoms with Gasteiger partial charge in [0.2, 0.25) is 0 Å². The summed E-state index contributed by atoms with van der Waals surface area (Å²) in [6.07, 6.45) is 6.80. The molecule has 0 unspecified atom stereocenters. The Bertz CT molecular complexity index is 2060. The first-order valence-electron chi connectivity index (χ1n) is 14.7. The number of rotatable bonds is 5. The highest BCUT2D eigenvalue weighted by atomic mass is 15.1. The number of para-hydroxylation sites is 2. The molecule has 2 heteroatoms. The van der Waals surface area contributed by atoms with Gasteiger partial charge in [0.1, 0.15) is 0 Å². The molecule has 0 amide bonds. The van der Waals surface area contributed by atoms with Crippen LogP contribution in [0.1, 0.15) is 17.7 Å². The summed E-state index contributed by atoms with van der Waals surface area (Å²) in [7, 11) is 0. The average molecular weight is 539 g/mol. The predicted molar refractivity (Wildman–Crippen MR) is 178 cm³/mol. The quantitative estimate of drug-likeness (QED) is 0.212. The highest BCUT2D eigenvalue weighted by molar-refractivity contribution is 5.91. The summed E-state index contributed by atoms with van der Waals surface area (Å²) >= 11 is 0. The number of fused-ring (bicyclic) bond motifs is 4. The van der Waals surface area contributed by atoms with Crippen LogP contribution >= 0.6 is 0 Å². The second kappa shape index (κ2) is 10.2. The normalized spacial score (nSPS) is 12.5. The van der Waals surface area contributed by atoms with E-state index < -0.39 is 0 Å². The van der Waals surface area contributed by atoms with E-state index in [0.29, 0.717) is 0 Å². The summed E-state index contributed by atoms with van der Waals surface area (Å²) in [5.41, 5.74) is 11.1. The zero-order chi connectivity index (χ0) is 27.9. The van der Waals surface area contributed by atoms with Gasteiger partial charge in [-0.1, -0.05) is 97.1 Å². The number of anilines is 3. The third-order valence-corrected chi connectivity index (χ3v) is 8.45. The van der Waals surface area contributed by atoms with Crippen LogP contribution in [0.5, 0.6) is 0 Å². The first-order chi connectivity index (χ1) is 20.8. The zero-order valence-corrected chi connectivity index (χ0v) is 23.3. The molecule has 0 aliphatic heterocycles. The molecule has 8 rings (SSSR count). The molecule has 0 fully saturated rings. The lowest BCUT2D eigenvalue weighted by Gasteiger charge is -2.26. The summed E-state index contributed by atoms with van der Waals surface area (Å²) < 4.78 is 2.41. The SMILES string of the molecule is C1=Cc2c(c3ccccc3n2-c2ccc(-c3ccc(N(c4ccccc4)c4ccc5ccccc5c4)cc3)cc2)CC1. The topological polar surface area (TPSA) is 8.17 Å². The number of nitrogens with zero attached hydrogens (tertiary/aromatic N) is 2. The van der Waals surface area contributed by atoms with E-state index in [-0.39, 0.29) is 0 Å². The fourth-order valence-electron chi connectivity index (χ4n) is 6.41. The van der Waals surface area contributed by atoms with Crippen molar-refractivity contribution in [3.63, 3.8) is 0 Å². The molecule has 0 N–H and O–H groups in total. The van der Waals surface area contributed by atoms with Crippen molar-refractivity contribution in [3.05, 3.63) is 163 Å². The molecule has 0 bridgehead atoms. The Kier molecular flexibility index (Phi) is 5.97. The minimum atomic E-state index is 1.10. The molecule has 0 saturated carbocycles. The molecule has 0 atom stereocenters. The lowest BCUT2D eigenvalue weighted by Crippen LogP contribution is -2.09. The van der Waals surface area contributed by atoms with E-state index in [1.54, 1.807) is 0 Å². The predicted octanol–water partition coefficient (Wildman–Crippen LogP) is 10.9. The zero-order valence-electron chi connectivity index (χ0n) is 23.3. The fourth-order valence-corrected chi connectivity index (χ4v) is 6.41. The number of allylic oxidation sites excluding steroid dienone is 1. The maximum absolute atomic E-state index is 2.41. The van der Waals surface area contributed by atoms with Gasteiger partial charge in [-0.05, 0) is 101 Å². The molecule has 1 aliphatic rings. The summed E-state index contributed by atoms with van der Waals surface area (Å²) in [4.78, 5) is 2.33. The van der Waals surface area contributed by atoms with Crippen LogP contribution < -0.4 is 4.90 Å². The average Bonchev–Trinajstić information content (AvgIpc) is 3.40. The Labute approximate surface area is 246 Å². The van der Waals surface area contributed by atoms with Gasteiger partial charge in [0.25, 0.3) is 0 Å². The number of aryl methyl sites for hydroxylation is 1. The maximum atomic E-state index is 2.41. The molecule has 0 radical (unpaired) electrons. The van der Waals surface area contributed by atoms with Crippen molar-refractivity contribution < 1.29 is 0 Å². The van der Waals surface area contributed by atoms with Crippen molar-refractivity contribution in [2.45, 2.75) is 12.8 Å². The second-order valence-electron chi connectivity index (χ2n) is 11.0. The van der Waals surface area contributed by atoms with Crippen LogP contribution in [0.2, 0.25) is 0 Å². The molecule has 1 aliphatic carbocycles. The number of aromatic nitrogens is 1. The molecule has 0 saturated heterocycles. The maximum Gasteiger partial charge on any atom is 0.0537 e. The largest absolute Gasteiger partial charge is 0.310 e. The molecule has 7 aromatic rings. The van der Waals surface area contributed by atoms with Gasteiger partial charge in [0.05, 0.1) is 5.52 Å². The van der Waals surface area contributed by atoms with Crippen molar-refractivity contribution in [2.75, 3.05) is 4.90 Å². The highest BCUT2D eigenvalue weighted by Gasteiger charge is 2.18. The Balaban J connectivity index is 1.15. The smallest absolute Gasteiger partial charge is 0.0537 e. The molecule has 1 aromatic heterocycles. The van der Waals surface area contributed by atoms with E-state index in [9.17, 15) is 0 Å². The van der Waals surface area contributed by atoms with Crippen LogP contribution in [0.25, 0.3) is 44.6 Å². The second-order valence-corrected chi connectivity index (χ2v) is 11.0. The van der Waals surface area contributed by atoms with Gasteiger partial charge in [-0.25, -0.2) is 0 Å². The van der Waals surface area contributed by atoms with Gasteiger partial charge in [0, 0.05) is 33.8 Å². The lowest BCUT2D eigenvalue weighted by atomic mass is 10.0. The van der Waals surface area contributed by atoms with Gasteiger partial charge in [-0.3, -0.25) is 0 Å². The standard InChI is InChI=1S/C40H30N2/c1-2-12-33(13-3-1)41(36-27-22-29-10-4-5-11-32(29)28-36)34-23-18-30(19-24-34)31-20-25-35(26-21-31)42-39-16-8-6-14-37(39)38-15-7-9-17-40(38)42/h1-6,8-14,16-28H,7,15H2. The Morgan fingerprint density at radius 1 is 0.524 bits per heavy atom. The molecule has 2 nitrogen and oxygen atoms in total. The van der Waals surface area contributed by atoms with Crippen molar-refractivity contribution >= 4 is 44.8 Å². The summed E-state index contributed by atoms with van der Waals surface area (Å²) in [6.45, 7) is 0. The van der Waals surface area contributed by atoms with E-state index in [2.05, 4.69) is 167 Å². The molecular weight excluding hydrogens is 508 g/mol. The van der Waals surface area contributed by atoms with Crippen LogP contribution in [0, 0.1) is 0 Å². The molecule has 6 aromatic carbocycles. The molecule has 0 spiro atoms. The Hall–Kier alpha value is -5.34. The van der Waals surface area contributed by atoms with Gasteiger partial charge in [-0.15, -0.1) is 0 Å². The van der Waals surface area contributed by atoms with Crippen molar-refractivity contribution in [3.8, 4) is 16.8 Å². The van der Waals surface area contributed by atoms with E-state index in [4.69, 9.17) is 0 Å². The van der Waals surface area contributed by atoms with E-state index in [0.717, 1.165) is 29.9 Å². The van der Waals surface area contributed by atoms with Crippen molar-refractivity contribution in [2.24, 2.45) is 0 Å². The third kappa shape index (κ3) is 4.20. The number of hydrogen-bond acceptors (Lipinski definition) is 1. The molecular formula is C40H30N2. The fraction of sp³-hybridized carbons (Fsp3) is 0.0500. The number of hydrogen-bond donors (Lipinski definition) is 0. The first kappa shape index (κ1) is 24.5. The van der Waals surface area contributed by atoms with Crippen LogP contribution in [0.15, 0.2) is 152 Å². The molecule has 200 valence electrons. The van der Waals surface area contributed by atoms with E-state index in [1.165, 1.54) is 49.7 Å². The van der Waals surface area contributed by atoms with E-state index in [1.807, 2.05) is 0 Å². The minimum Gasteiger partial charge on any atom is -0.310 e. The lowest BCUT2D eigenvalue weighted by molar-refractivity contribution is 0.967.